The molecule has 6 heteroatoms. The summed E-state index contributed by atoms with van der Waals surface area (Å²) in [6.45, 7) is 5.07. The Morgan fingerprint density at radius 1 is 0.737 bits per heavy atom. The van der Waals surface area contributed by atoms with E-state index in [2.05, 4.69) is 81.8 Å². The number of ether oxygens (including phenoxy) is 2. The van der Waals surface area contributed by atoms with Gasteiger partial charge in [0.1, 0.15) is 11.1 Å². The van der Waals surface area contributed by atoms with Gasteiger partial charge in [-0.05, 0) is 49.2 Å². The van der Waals surface area contributed by atoms with Crippen LogP contribution in [0.3, 0.4) is 0 Å². The predicted octanol–water partition coefficient (Wildman–Crippen LogP) is 6.82. The molecule has 194 valence electrons. The Labute approximate surface area is 224 Å². The summed E-state index contributed by atoms with van der Waals surface area (Å²) in [4.78, 5) is 0. The molecule has 0 saturated carbocycles. The molecule has 0 spiro atoms. The highest BCUT2D eigenvalue weighted by atomic mass is 16.7. The number of para-hydroxylation sites is 2. The van der Waals surface area contributed by atoms with Crippen LogP contribution in [0, 0.1) is 0 Å². The lowest BCUT2D eigenvalue weighted by atomic mass is 9.76. The van der Waals surface area contributed by atoms with Crippen LogP contribution in [0.1, 0.15) is 37.4 Å². The van der Waals surface area contributed by atoms with E-state index in [1.165, 1.54) is 0 Å². The van der Waals surface area contributed by atoms with Gasteiger partial charge in [0.15, 0.2) is 6.29 Å². The van der Waals surface area contributed by atoms with Gasteiger partial charge in [0.05, 0.1) is 11.6 Å². The van der Waals surface area contributed by atoms with Gasteiger partial charge >= 0.3 is 0 Å². The lowest BCUT2D eigenvalue weighted by Crippen LogP contribution is -2.48. The third-order valence-corrected chi connectivity index (χ3v) is 6.88. The lowest BCUT2D eigenvalue weighted by Gasteiger charge is -2.44. The van der Waals surface area contributed by atoms with E-state index in [1.807, 2.05) is 62.4 Å². The van der Waals surface area contributed by atoms with Crippen molar-refractivity contribution >= 4 is 16.7 Å². The molecule has 1 aromatic heterocycles. The topological polar surface area (TPSA) is 61.2 Å². The van der Waals surface area contributed by atoms with Gasteiger partial charge in [0, 0.05) is 25.3 Å². The number of nitrogens with one attached hydrogen (secondary N) is 1. The van der Waals surface area contributed by atoms with E-state index < -0.39 is 11.8 Å². The maximum Gasteiger partial charge on any atom is 0.160 e. The quantitative estimate of drug-likeness (QED) is 0.188. The first-order chi connectivity index (χ1) is 18.8. The van der Waals surface area contributed by atoms with Gasteiger partial charge in [0.2, 0.25) is 0 Å². The van der Waals surface area contributed by atoms with Crippen molar-refractivity contribution in [1.29, 1.82) is 0 Å². The van der Waals surface area contributed by atoms with Crippen molar-refractivity contribution in [2.24, 2.45) is 0 Å². The highest BCUT2D eigenvalue weighted by Crippen LogP contribution is 2.46. The molecular weight excluding hydrogens is 472 g/mol. The summed E-state index contributed by atoms with van der Waals surface area (Å²) in [6, 6.07) is 39.2. The number of fused-ring (bicyclic) bond motifs is 1. The minimum Gasteiger partial charge on any atom is -0.375 e. The highest BCUT2D eigenvalue weighted by molar-refractivity contribution is 5.74. The van der Waals surface area contributed by atoms with E-state index in [-0.39, 0.29) is 6.04 Å². The largest absolute Gasteiger partial charge is 0.375 e. The number of anilines is 1. The molecule has 38 heavy (non-hydrogen) atoms. The Balaban J connectivity index is 1.83. The molecule has 6 nitrogen and oxygen atoms in total. The van der Waals surface area contributed by atoms with Gasteiger partial charge in [-0.25, -0.2) is 4.68 Å². The van der Waals surface area contributed by atoms with Crippen molar-refractivity contribution in [3.63, 3.8) is 0 Å². The summed E-state index contributed by atoms with van der Waals surface area (Å²) in [5.74, 6) is 0. The molecule has 5 aromatic rings. The molecule has 2 unspecified atom stereocenters. The zero-order chi connectivity index (χ0) is 26.2. The van der Waals surface area contributed by atoms with Crippen LogP contribution < -0.4 is 5.32 Å². The summed E-state index contributed by atoms with van der Waals surface area (Å²) < 4.78 is 14.5. The van der Waals surface area contributed by atoms with Gasteiger partial charge in [-0.15, -0.1) is 5.10 Å². The standard InChI is InChI=1S/C32H34N4O2/c1-3-37-30(38-4-2)24-32(26-18-10-6-11-19-26,36-29-23-15-14-22-28(29)34-35-36)31(25-16-8-5-9-17-25)33-27-20-12-7-13-21-27/h5-23,30-31,33H,3-4,24H2,1-2H3. The molecule has 0 aliphatic heterocycles. The van der Waals surface area contributed by atoms with Crippen molar-refractivity contribution in [1.82, 2.24) is 15.0 Å². The van der Waals surface area contributed by atoms with Crippen molar-refractivity contribution in [3.05, 3.63) is 126 Å². The molecule has 0 aliphatic rings. The second-order valence-electron chi connectivity index (χ2n) is 9.18. The molecule has 1 N–H and O–H groups in total. The fraction of sp³-hybridized carbons (Fsp3) is 0.250. The van der Waals surface area contributed by atoms with Gasteiger partial charge in [-0.3, -0.25) is 0 Å². The zero-order valence-corrected chi connectivity index (χ0v) is 21.9. The fourth-order valence-corrected chi connectivity index (χ4v) is 5.24. The number of benzene rings is 4. The maximum atomic E-state index is 6.19. The van der Waals surface area contributed by atoms with Crippen LogP contribution in [0.2, 0.25) is 0 Å². The normalized spacial score (nSPS) is 13.9. The first-order valence-corrected chi connectivity index (χ1v) is 13.2. The molecule has 2 atom stereocenters. The third-order valence-electron chi connectivity index (χ3n) is 6.88. The highest BCUT2D eigenvalue weighted by Gasteiger charge is 2.47. The Morgan fingerprint density at radius 2 is 1.32 bits per heavy atom. The Kier molecular flexibility index (Phi) is 8.12. The number of nitrogens with zero attached hydrogens (tertiary/aromatic N) is 3. The molecule has 0 bridgehead atoms. The molecular formula is C32H34N4O2. The number of aromatic nitrogens is 3. The Morgan fingerprint density at radius 3 is 1.97 bits per heavy atom. The first kappa shape index (κ1) is 25.6. The van der Waals surface area contributed by atoms with Gasteiger partial charge < -0.3 is 14.8 Å². The van der Waals surface area contributed by atoms with Crippen LogP contribution in [-0.4, -0.2) is 34.5 Å². The minimum absolute atomic E-state index is 0.248. The van der Waals surface area contributed by atoms with Gasteiger partial charge in [0.25, 0.3) is 0 Å². The second kappa shape index (κ2) is 12.0. The molecule has 4 aromatic carbocycles. The summed E-state index contributed by atoms with van der Waals surface area (Å²) in [5.41, 5.74) is 4.21. The lowest BCUT2D eigenvalue weighted by molar-refractivity contribution is -0.152. The molecule has 0 fully saturated rings. The molecule has 0 amide bonds. The number of hydrogen-bond acceptors (Lipinski definition) is 5. The SMILES string of the molecule is CCOC(CC(c1ccccc1)(C(Nc1ccccc1)c1ccccc1)n1nnc2ccccc21)OCC. The third kappa shape index (κ3) is 5.19. The van der Waals surface area contributed by atoms with Crippen LogP contribution in [0.25, 0.3) is 11.0 Å². The van der Waals surface area contributed by atoms with Crippen molar-refractivity contribution in [2.75, 3.05) is 18.5 Å². The van der Waals surface area contributed by atoms with Crippen molar-refractivity contribution < 1.29 is 9.47 Å². The Hall–Kier alpha value is -4.00. The van der Waals surface area contributed by atoms with E-state index in [1.54, 1.807) is 0 Å². The van der Waals surface area contributed by atoms with E-state index in [0.717, 1.165) is 27.8 Å². The van der Waals surface area contributed by atoms with E-state index >= 15 is 0 Å². The van der Waals surface area contributed by atoms with E-state index in [9.17, 15) is 0 Å². The second-order valence-corrected chi connectivity index (χ2v) is 9.18. The summed E-state index contributed by atoms with van der Waals surface area (Å²) >= 11 is 0. The monoisotopic (exact) mass is 506 g/mol. The van der Waals surface area contributed by atoms with E-state index in [4.69, 9.17) is 14.7 Å². The van der Waals surface area contributed by atoms with Crippen LogP contribution in [0.5, 0.6) is 0 Å². The summed E-state index contributed by atoms with van der Waals surface area (Å²) in [5, 5.41) is 13.3. The molecule has 0 radical (unpaired) electrons. The first-order valence-electron chi connectivity index (χ1n) is 13.2. The average Bonchev–Trinajstić information content (AvgIpc) is 3.41. The number of rotatable bonds is 12. The van der Waals surface area contributed by atoms with Crippen LogP contribution in [0.15, 0.2) is 115 Å². The number of hydrogen-bond donors (Lipinski definition) is 1. The van der Waals surface area contributed by atoms with Gasteiger partial charge in [-0.2, -0.15) is 0 Å². The summed E-state index contributed by atoms with van der Waals surface area (Å²) in [7, 11) is 0. The van der Waals surface area contributed by atoms with Gasteiger partial charge in [-0.1, -0.05) is 96.2 Å². The molecule has 0 aliphatic carbocycles. The molecule has 1 heterocycles. The van der Waals surface area contributed by atoms with Crippen LogP contribution in [-0.2, 0) is 15.0 Å². The van der Waals surface area contributed by atoms with Crippen molar-refractivity contribution in [3.8, 4) is 0 Å². The van der Waals surface area contributed by atoms with E-state index in [0.29, 0.717) is 19.6 Å². The average molecular weight is 507 g/mol. The van der Waals surface area contributed by atoms with Crippen LogP contribution >= 0.6 is 0 Å². The molecule has 0 saturated heterocycles. The Bertz CT molecular complexity index is 1400. The maximum absolute atomic E-state index is 6.19. The van der Waals surface area contributed by atoms with Crippen molar-refractivity contribution in [2.45, 2.75) is 38.1 Å². The minimum atomic E-state index is -0.774. The molecule has 5 rings (SSSR count). The fourth-order valence-electron chi connectivity index (χ4n) is 5.24. The summed E-state index contributed by atoms with van der Waals surface area (Å²) in [6.07, 6.45) is 0.0442. The van der Waals surface area contributed by atoms with Crippen LogP contribution in [0.4, 0.5) is 5.69 Å². The zero-order valence-electron chi connectivity index (χ0n) is 21.9. The smallest absolute Gasteiger partial charge is 0.160 e. The predicted molar refractivity (Wildman–Crippen MR) is 152 cm³/mol.